The third-order valence-corrected chi connectivity index (χ3v) is 3.69. The Morgan fingerprint density at radius 2 is 2.20 bits per heavy atom. The molecule has 2 aliphatic rings. The maximum atomic E-state index is 11.8. The Morgan fingerprint density at radius 3 is 2.60 bits per heavy atom. The predicted octanol–water partition coefficient (Wildman–Crippen LogP) is 0.268. The van der Waals surface area contributed by atoms with E-state index in [-0.39, 0.29) is 5.91 Å². The van der Waals surface area contributed by atoms with E-state index in [0.717, 1.165) is 18.9 Å². The van der Waals surface area contributed by atoms with E-state index in [9.17, 15) is 4.79 Å². The molecule has 1 saturated heterocycles. The standard InChI is InChI=1S/C11H20N2O2/c12-6-11(7-15-8-11)10(14)13-5-4-9-2-1-3-9/h9H,1-8,12H2,(H,13,14). The van der Waals surface area contributed by atoms with E-state index >= 15 is 0 Å². The Hall–Kier alpha value is -0.610. The number of rotatable bonds is 5. The topological polar surface area (TPSA) is 64.4 Å². The van der Waals surface area contributed by atoms with Crippen LogP contribution >= 0.6 is 0 Å². The van der Waals surface area contributed by atoms with Crippen LogP contribution in [0.15, 0.2) is 0 Å². The molecule has 0 radical (unpaired) electrons. The summed E-state index contributed by atoms with van der Waals surface area (Å²) in [5.74, 6) is 0.923. The van der Waals surface area contributed by atoms with Crippen molar-refractivity contribution in [3.63, 3.8) is 0 Å². The fourth-order valence-electron chi connectivity index (χ4n) is 2.05. The van der Waals surface area contributed by atoms with Crippen LogP contribution in [0.25, 0.3) is 0 Å². The molecule has 4 nitrogen and oxygen atoms in total. The second-order valence-corrected chi connectivity index (χ2v) is 4.82. The second-order valence-electron chi connectivity index (χ2n) is 4.82. The van der Waals surface area contributed by atoms with Crippen LogP contribution in [0.2, 0.25) is 0 Å². The summed E-state index contributed by atoms with van der Waals surface area (Å²) in [4.78, 5) is 11.8. The molecule has 0 atom stereocenters. The zero-order valence-corrected chi connectivity index (χ0v) is 9.13. The van der Waals surface area contributed by atoms with Crippen LogP contribution in [0.3, 0.4) is 0 Å². The van der Waals surface area contributed by atoms with Gasteiger partial charge in [0.15, 0.2) is 0 Å². The van der Waals surface area contributed by atoms with Gasteiger partial charge in [-0.1, -0.05) is 19.3 Å². The zero-order valence-electron chi connectivity index (χ0n) is 9.13. The van der Waals surface area contributed by atoms with Crippen molar-refractivity contribution in [2.45, 2.75) is 25.7 Å². The molecule has 15 heavy (non-hydrogen) atoms. The molecule has 1 aliphatic heterocycles. The Labute approximate surface area is 90.5 Å². The highest BCUT2D eigenvalue weighted by Crippen LogP contribution is 2.29. The van der Waals surface area contributed by atoms with Crippen LogP contribution in [-0.4, -0.2) is 32.2 Å². The van der Waals surface area contributed by atoms with Crippen molar-refractivity contribution in [3.8, 4) is 0 Å². The summed E-state index contributed by atoms with van der Waals surface area (Å²) in [6.07, 6.45) is 5.15. The molecule has 0 aromatic carbocycles. The Bertz CT molecular complexity index is 229. The highest BCUT2D eigenvalue weighted by Gasteiger charge is 2.44. The van der Waals surface area contributed by atoms with Crippen LogP contribution in [0.1, 0.15) is 25.7 Å². The van der Waals surface area contributed by atoms with Crippen LogP contribution in [-0.2, 0) is 9.53 Å². The average Bonchev–Trinajstić information content (AvgIpc) is 2.08. The molecule has 0 spiro atoms. The van der Waals surface area contributed by atoms with Gasteiger partial charge < -0.3 is 15.8 Å². The lowest BCUT2D eigenvalue weighted by Gasteiger charge is -2.38. The smallest absolute Gasteiger partial charge is 0.232 e. The number of amides is 1. The molecule has 86 valence electrons. The molecule has 0 unspecified atom stereocenters. The average molecular weight is 212 g/mol. The Morgan fingerprint density at radius 1 is 1.47 bits per heavy atom. The lowest BCUT2D eigenvalue weighted by molar-refractivity contribution is -0.159. The van der Waals surface area contributed by atoms with E-state index in [1.807, 2.05) is 0 Å². The number of nitrogens with two attached hydrogens (primary N) is 1. The molecule has 1 amide bonds. The molecule has 0 bridgehead atoms. The molecule has 3 N–H and O–H groups in total. The molecule has 0 aromatic heterocycles. The fraction of sp³-hybridized carbons (Fsp3) is 0.909. The maximum Gasteiger partial charge on any atom is 0.232 e. The van der Waals surface area contributed by atoms with Gasteiger partial charge >= 0.3 is 0 Å². The summed E-state index contributed by atoms with van der Waals surface area (Å²) < 4.78 is 5.07. The minimum Gasteiger partial charge on any atom is -0.379 e. The van der Waals surface area contributed by atoms with Crippen molar-refractivity contribution in [1.29, 1.82) is 0 Å². The molecule has 4 heteroatoms. The minimum atomic E-state index is -0.417. The molecular weight excluding hydrogens is 192 g/mol. The van der Waals surface area contributed by atoms with Crippen LogP contribution < -0.4 is 11.1 Å². The number of nitrogens with one attached hydrogen (secondary N) is 1. The number of ether oxygens (including phenoxy) is 1. The summed E-state index contributed by atoms with van der Waals surface area (Å²) in [5.41, 5.74) is 5.18. The van der Waals surface area contributed by atoms with Crippen molar-refractivity contribution in [3.05, 3.63) is 0 Å². The van der Waals surface area contributed by atoms with E-state index in [2.05, 4.69) is 5.32 Å². The fourth-order valence-corrected chi connectivity index (χ4v) is 2.05. The van der Waals surface area contributed by atoms with Gasteiger partial charge in [0.25, 0.3) is 0 Å². The van der Waals surface area contributed by atoms with Crippen molar-refractivity contribution in [1.82, 2.24) is 5.32 Å². The quantitative estimate of drug-likeness (QED) is 0.687. The highest BCUT2D eigenvalue weighted by molar-refractivity contribution is 5.84. The van der Waals surface area contributed by atoms with Crippen LogP contribution in [0.5, 0.6) is 0 Å². The first-order valence-electron chi connectivity index (χ1n) is 5.83. The molecule has 1 saturated carbocycles. The number of hydrogen-bond donors (Lipinski definition) is 2. The monoisotopic (exact) mass is 212 g/mol. The van der Waals surface area contributed by atoms with Crippen molar-refractivity contribution in [2.75, 3.05) is 26.3 Å². The lowest BCUT2D eigenvalue weighted by Crippen LogP contribution is -2.58. The first-order chi connectivity index (χ1) is 7.27. The number of carbonyl (C=O) groups excluding carboxylic acids is 1. The molecule has 2 fully saturated rings. The summed E-state index contributed by atoms with van der Waals surface area (Å²) in [5, 5.41) is 2.98. The summed E-state index contributed by atoms with van der Waals surface area (Å²) in [7, 11) is 0. The van der Waals surface area contributed by atoms with Gasteiger partial charge in [-0.3, -0.25) is 4.79 Å². The lowest BCUT2D eigenvalue weighted by atomic mass is 9.82. The van der Waals surface area contributed by atoms with Gasteiger partial charge in [0.2, 0.25) is 5.91 Å². The van der Waals surface area contributed by atoms with Crippen molar-refractivity contribution in [2.24, 2.45) is 17.1 Å². The van der Waals surface area contributed by atoms with E-state index in [1.165, 1.54) is 19.3 Å². The highest BCUT2D eigenvalue weighted by atomic mass is 16.5. The third-order valence-electron chi connectivity index (χ3n) is 3.69. The first-order valence-corrected chi connectivity index (χ1v) is 5.83. The van der Waals surface area contributed by atoms with Gasteiger partial charge in [-0.2, -0.15) is 0 Å². The van der Waals surface area contributed by atoms with Gasteiger partial charge in [-0.15, -0.1) is 0 Å². The van der Waals surface area contributed by atoms with E-state index in [1.54, 1.807) is 0 Å². The third kappa shape index (κ3) is 2.16. The Balaban J connectivity index is 1.67. The minimum absolute atomic E-state index is 0.0792. The second kappa shape index (κ2) is 4.49. The maximum absolute atomic E-state index is 11.8. The molecule has 2 rings (SSSR count). The number of hydrogen-bond acceptors (Lipinski definition) is 3. The molecular formula is C11H20N2O2. The van der Waals surface area contributed by atoms with E-state index in [4.69, 9.17) is 10.5 Å². The predicted molar refractivity (Wildman–Crippen MR) is 57.3 cm³/mol. The van der Waals surface area contributed by atoms with Crippen LogP contribution in [0, 0.1) is 11.3 Å². The molecule has 1 aliphatic carbocycles. The van der Waals surface area contributed by atoms with Gasteiger partial charge in [0.1, 0.15) is 5.41 Å². The normalized spacial score (nSPS) is 24.1. The van der Waals surface area contributed by atoms with E-state index < -0.39 is 5.41 Å². The molecule has 0 aromatic rings. The zero-order chi connectivity index (χ0) is 10.7. The first kappa shape index (κ1) is 10.9. The van der Waals surface area contributed by atoms with Crippen molar-refractivity contribution < 1.29 is 9.53 Å². The van der Waals surface area contributed by atoms with E-state index in [0.29, 0.717) is 19.8 Å². The van der Waals surface area contributed by atoms with Gasteiger partial charge in [0, 0.05) is 13.1 Å². The largest absolute Gasteiger partial charge is 0.379 e. The number of carbonyl (C=O) groups is 1. The van der Waals surface area contributed by atoms with Gasteiger partial charge in [0.05, 0.1) is 13.2 Å². The van der Waals surface area contributed by atoms with Crippen molar-refractivity contribution >= 4 is 5.91 Å². The summed E-state index contributed by atoms with van der Waals surface area (Å²) in [6, 6.07) is 0. The van der Waals surface area contributed by atoms with Gasteiger partial charge in [-0.25, -0.2) is 0 Å². The summed E-state index contributed by atoms with van der Waals surface area (Å²) >= 11 is 0. The molecule has 1 heterocycles. The summed E-state index contributed by atoms with van der Waals surface area (Å²) in [6.45, 7) is 2.16. The van der Waals surface area contributed by atoms with Crippen LogP contribution in [0.4, 0.5) is 0 Å². The SMILES string of the molecule is NCC1(C(=O)NCCC2CCC2)COC1. The Kier molecular flexibility index (Phi) is 3.26. The van der Waals surface area contributed by atoms with Gasteiger partial charge in [-0.05, 0) is 12.3 Å².